The van der Waals surface area contributed by atoms with Crippen LogP contribution in [0.25, 0.3) is 0 Å². The van der Waals surface area contributed by atoms with Gasteiger partial charge in [0.05, 0.1) is 12.1 Å². The molecule has 1 aliphatic carbocycles. The molecule has 5 heteroatoms. The van der Waals surface area contributed by atoms with Crippen LogP contribution in [0.15, 0.2) is 34.9 Å². The van der Waals surface area contributed by atoms with Crippen molar-refractivity contribution in [3.05, 3.63) is 52.9 Å². The van der Waals surface area contributed by atoms with Gasteiger partial charge in [0.15, 0.2) is 0 Å². The van der Waals surface area contributed by atoms with Crippen molar-refractivity contribution < 1.29 is 9.32 Å². The van der Waals surface area contributed by atoms with Gasteiger partial charge in [-0.3, -0.25) is 9.69 Å². The van der Waals surface area contributed by atoms with E-state index in [9.17, 15) is 4.79 Å². The predicted octanol–water partition coefficient (Wildman–Crippen LogP) is 2.23. The molecule has 25 heavy (non-hydrogen) atoms. The Morgan fingerprint density at radius 2 is 1.96 bits per heavy atom. The van der Waals surface area contributed by atoms with Crippen molar-refractivity contribution >= 4 is 5.91 Å². The molecule has 0 unspecified atom stereocenters. The van der Waals surface area contributed by atoms with Gasteiger partial charge < -0.3 is 9.42 Å². The summed E-state index contributed by atoms with van der Waals surface area (Å²) in [5, 5.41) is 3.85. The molecule has 132 valence electrons. The molecule has 0 saturated carbocycles. The van der Waals surface area contributed by atoms with Crippen LogP contribution < -0.4 is 0 Å². The molecule has 1 saturated heterocycles. The highest BCUT2D eigenvalue weighted by atomic mass is 16.5. The van der Waals surface area contributed by atoms with Gasteiger partial charge in [0.1, 0.15) is 5.76 Å². The highest BCUT2D eigenvalue weighted by molar-refractivity contribution is 5.78. The number of hydrogen-bond acceptors (Lipinski definition) is 4. The molecule has 0 spiro atoms. The fourth-order valence-corrected chi connectivity index (χ4v) is 4.09. The van der Waals surface area contributed by atoms with Gasteiger partial charge in [-0.2, -0.15) is 0 Å². The first-order valence-electron chi connectivity index (χ1n) is 9.20. The van der Waals surface area contributed by atoms with E-state index in [0.29, 0.717) is 18.2 Å². The number of hydrogen-bond donors (Lipinski definition) is 0. The summed E-state index contributed by atoms with van der Waals surface area (Å²) in [5.41, 5.74) is 3.83. The van der Waals surface area contributed by atoms with Crippen molar-refractivity contribution in [2.75, 3.05) is 26.2 Å². The van der Waals surface area contributed by atoms with Gasteiger partial charge in [0.2, 0.25) is 5.91 Å². The second-order valence-corrected chi connectivity index (χ2v) is 7.19. The maximum absolute atomic E-state index is 12.4. The van der Waals surface area contributed by atoms with Crippen molar-refractivity contribution in [3.8, 4) is 0 Å². The number of piperazine rings is 1. The van der Waals surface area contributed by atoms with Crippen molar-refractivity contribution in [2.45, 2.75) is 38.6 Å². The van der Waals surface area contributed by atoms with Crippen molar-refractivity contribution in [1.82, 2.24) is 15.0 Å². The van der Waals surface area contributed by atoms with Crippen molar-refractivity contribution in [1.29, 1.82) is 0 Å². The summed E-state index contributed by atoms with van der Waals surface area (Å²) in [6, 6.07) is 11.3. The topological polar surface area (TPSA) is 49.6 Å². The van der Waals surface area contributed by atoms with E-state index in [2.05, 4.69) is 34.3 Å². The van der Waals surface area contributed by atoms with Gasteiger partial charge in [-0.05, 0) is 37.3 Å². The molecule has 1 aliphatic heterocycles. The van der Waals surface area contributed by atoms with Gasteiger partial charge in [0.25, 0.3) is 0 Å². The first-order chi connectivity index (χ1) is 12.2. The molecule has 1 aromatic heterocycles. The monoisotopic (exact) mass is 339 g/mol. The summed E-state index contributed by atoms with van der Waals surface area (Å²) in [6.45, 7) is 5.43. The summed E-state index contributed by atoms with van der Waals surface area (Å²) in [5.74, 6) is 0.804. The number of benzene rings is 1. The molecular formula is C20H25N3O2. The molecule has 0 bridgehead atoms. The normalized spacial score (nSPS) is 21.2. The Bertz CT molecular complexity index is 747. The fraction of sp³-hybridized carbons (Fsp3) is 0.500. The summed E-state index contributed by atoms with van der Waals surface area (Å²) >= 11 is 0. The molecule has 2 heterocycles. The molecule has 2 aliphatic rings. The van der Waals surface area contributed by atoms with E-state index in [0.717, 1.165) is 38.3 Å². The number of carbonyl (C=O) groups excluding carboxylic acids is 1. The number of amides is 1. The molecule has 1 fully saturated rings. The third-order valence-electron chi connectivity index (χ3n) is 5.51. The van der Waals surface area contributed by atoms with E-state index in [4.69, 9.17) is 4.52 Å². The number of nitrogens with zero attached hydrogens (tertiary/aromatic N) is 3. The summed E-state index contributed by atoms with van der Waals surface area (Å²) in [6.07, 6.45) is 3.85. The molecule has 1 atom stereocenters. The van der Waals surface area contributed by atoms with E-state index in [1.54, 1.807) is 0 Å². The van der Waals surface area contributed by atoms with E-state index < -0.39 is 0 Å². The Hall–Kier alpha value is -2.14. The van der Waals surface area contributed by atoms with Crippen molar-refractivity contribution in [3.63, 3.8) is 0 Å². The third-order valence-corrected chi connectivity index (χ3v) is 5.51. The Kier molecular flexibility index (Phi) is 4.57. The quantitative estimate of drug-likeness (QED) is 0.860. The predicted molar refractivity (Wildman–Crippen MR) is 95.4 cm³/mol. The minimum absolute atomic E-state index is 0.143. The standard InChI is InChI=1S/C20H25N3O2/c1-15-12-19(25-21-15)14-20(24)23-10-8-22(9-11-23)18-7-6-16-4-2-3-5-17(16)13-18/h2-5,12,18H,6-11,13-14H2,1H3/t18-/m0/s1. The van der Waals surface area contributed by atoms with Crippen LogP contribution in [0.5, 0.6) is 0 Å². The number of fused-ring (bicyclic) bond motifs is 1. The molecular weight excluding hydrogens is 314 g/mol. The zero-order chi connectivity index (χ0) is 17.2. The molecule has 4 rings (SSSR count). The Balaban J connectivity index is 1.30. The average Bonchev–Trinajstić information content (AvgIpc) is 3.06. The zero-order valence-electron chi connectivity index (χ0n) is 14.8. The number of rotatable bonds is 3. The maximum atomic E-state index is 12.4. The van der Waals surface area contributed by atoms with Crippen LogP contribution in [0.3, 0.4) is 0 Å². The van der Waals surface area contributed by atoms with E-state index >= 15 is 0 Å². The zero-order valence-corrected chi connectivity index (χ0v) is 14.8. The smallest absolute Gasteiger partial charge is 0.230 e. The average molecular weight is 339 g/mol. The first-order valence-corrected chi connectivity index (χ1v) is 9.20. The second-order valence-electron chi connectivity index (χ2n) is 7.19. The lowest BCUT2D eigenvalue weighted by Gasteiger charge is -2.41. The minimum atomic E-state index is 0.143. The lowest BCUT2D eigenvalue weighted by Crippen LogP contribution is -2.53. The van der Waals surface area contributed by atoms with E-state index in [1.807, 2.05) is 17.9 Å². The van der Waals surface area contributed by atoms with Gasteiger partial charge in [-0.25, -0.2) is 0 Å². The van der Waals surface area contributed by atoms with Crippen LogP contribution in [0, 0.1) is 6.92 Å². The van der Waals surface area contributed by atoms with Crippen LogP contribution in [0.2, 0.25) is 0 Å². The first kappa shape index (κ1) is 16.3. The minimum Gasteiger partial charge on any atom is -0.361 e. The molecule has 1 aromatic carbocycles. The maximum Gasteiger partial charge on any atom is 0.230 e. The fourth-order valence-electron chi connectivity index (χ4n) is 4.09. The van der Waals surface area contributed by atoms with Crippen LogP contribution in [-0.2, 0) is 24.1 Å². The van der Waals surface area contributed by atoms with Gasteiger partial charge in [0, 0.05) is 38.3 Å². The van der Waals surface area contributed by atoms with Crippen molar-refractivity contribution in [2.24, 2.45) is 0 Å². The van der Waals surface area contributed by atoms with Crippen LogP contribution >= 0.6 is 0 Å². The summed E-state index contributed by atoms with van der Waals surface area (Å²) < 4.78 is 5.17. The largest absolute Gasteiger partial charge is 0.361 e. The highest BCUT2D eigenvalue weighted by Crippen LogP contribution is 2.25. The number of aromatic nitrogens is 1. The summed E-state index contributed by atoms with van der Waals surface area (Å²) in [7, 11) is 0. The van der Waals surface area contributed by atoms with Crippen LogP contribution in [0.4, 0.5) is 0 Å². The summed E-state index contributed by atoms with van der Waals surface area (Å²) in [4.78, 5) is 17.0. The molecule has 0 radical (unpaired) electrons. The second kappa shape index (κ2) is 7.00. The Morgan fingerprint density at radius 3 is 2.68 bits per heavy atom. The SMILES string of the molecule is Cc1cc(CC(=O)N2CCN([C@H]3CCc4ccccc4C3)CC2)on1. The lowest BCUT2D eigenvalue weighted by atomic mass is 9.87. The Labute approximate surface area is 148 Å². The highest BCUT2D eigenvalue weighted by Gasteiger charge is 2.28. The van der Waals surface area contributed by atoms with Crippen LogP contribution in [0.1, 0.15) is 29.0 Å². The lowest BCUT2D eigenvalue weighted by molar-refractivity contribution is -0.132. The Morgan fingerprint density at radius 1 is 1.20 bits per heavy atom. The van der Waals surface area contributed by atoms with Gasteiger partial charge >= 0.3 is 0 Å². The number of aryl methyl sites for hydroxylation is 2. The number of carbonyl (C=O) groups is 1. The van der Waals surface area contributed by atoms with Gasteiger partial charge in [-0.1, -0.05) is 29.4 Å². The molecule has 0 N–H and O–H groups in total. The van der Waals surface area contributed by atoms with E-state index in [-0.39, 0.29) is 5.91 Å². The van der Waals surface area contributed by atoms with Crippen LogP contribution in [-0.4, -0.2) is 53.1 Å². The third kappa shape index (κ3) is 3.61. The molecule has 2 aromatic rings. The molecule has 1 amide bonds. The van der Waals surface area contributed by atoms with Gasteiger partial charge in [-0.15, -0.1) is 0 Å². The van der Waals surface area contributed by atoms with E-state index in [1.165, 1.54) is 24.0 Å². The molecule has 5 nitrogen and oxygen atoms in total.